The number of carbonyl (C=O) groups is 2. The number of aryl methyl sites for hydroxylation is 1. The number of carbonyl (C=O) groups excluding carboxylic acids is 2. The number of aromatic nitrogens is 2. The second-order valence-corrected chi connectivity index (χ2v) is 10.5. The van der Waals surface area contributed by atoms with E-state index < -0.39 is 34.7 Å². The number of aliphatic imine (C=N–C) groups is 1. The number of imidazole rings is 1. The first-order valence-corrected chi connectivity index (χ1v) is 11.0. The number of anilines is 1. The van der Waals surface area contributed by atoms with E-state index in [0.717, 1.165) is 5.69 Å². The van der Waals surface area contributed by atoms with E-state index in [1.807, 2.05) is 11.5 Å². The lowest BCUT2D eigenvalue weighted by atomic mass is 9.90. The molecule has 1 aromatic heterocycles. The van der Waals surface area contributed by atoms with Crippen LogP contribution < -0.4 is 10.6 Å². The second-order valence-electron chi connectivity index (χ2n) is 10.5. The third kappa shape index (κ3) is 6.12. The summed E-state index contributed by atoms with van der Waals surface area (Å²) in [5, 5.41) is 5.28. The molecule has 2 N–H and O–H groups in total. The van der Waals surface area contributed by atoms with Gasteiger partial charge in [-0.15, -0.1) is 0 Å². The molecular formula is C24H32FN5O4. The standard InChI is InChI=1S/C24H32FN5O4/c1-14-12-30-13-24(8,29-18(19(30)26-14)28-21(32)34-23(5,6)7)16-11-15(9-10-17(16)25)27-20(31)33-22(2,3)4/h9-12H,13H2,1-8H3,(H,27,31)(H,28,29,32). The van der Waals surface area contributed by atoms with Gasteiger partial charge in [-0.1, -0.05) is 0 Å². The lowest BCUT2D eigenvalue weighted by molar-refractivity contribution is 0.0560. The molecule has 0 radical (unpaired) electrons. The summed E-state index contributed by atoms with van der Waals surface area (Å²) in [6.07, 6.45) is 0.463. The summed E-state index contributed by atoms with van der Waals surface area (Å²) >= 11 is 0. The van der Waals surface area contributed by atoms with Crippen molar-refractivity contribution in [3.63, 3.8) is 0 Å². The summed E-state index contributed by atoms with van der Waals surface area (Å²) in [6, 6.07) is 4.23. The van der Waals surface area contributed by atoms with Gasteiger partial charge < -0.3 is 14.0 Å². The molecule has 0 fully saturated rings. The molecule has 1 aliphatic heterocycles. The maximum absolute atomic E-state index is 15.1. The molecule has 0 saturated heterocycles. The van der Waals surface area contributed by atoms with Crippen LogP contribution in [0.4, 0.5) is 19.7 Å². The highest BCUT2D eigenvalue weighted by atomic mass is 19.1. The van der Waals surface area contributed by atoms with Crippen molar-refractivity contribution in [1.82, 2.24) is 14.9 Å². The Hall–Kier alpha value is -3.43. The Morgan fingerprint density at radius 3 is 2.24 bits per heavy atom. The number of nitrogens with one attached hydrogen (secondary N) is 2. The molecule has 184 valence electrons. The molecule has 0 aliphatic carbocycles. The first-order chi connectivity index (χ1) is 15.5. The Balaban J connectivity index is 1.97. The maximum atomic E-state index is 15.1. The minimum Gasteiger partial charge on any atom is -0.444 e. The normalized spacial score (nSPS) is 18.0. The number of halogens is 1. The van der Waals surface area contributed by atoms with E-state index in [9.17, 15) is 9.59 Å². The molecule has 3 rings (SSSR count). The number of nitrogens with zero attached hydrogens (tertiary/aromatic N) is 3. The van der Waals surface area contributed by atoms with Gasteiger partial charge >= 0.3 is 12.2 Å². The molecule has 0 spiro atoms. The number of amides is 2. The van der Waals surface area contributed by atoms with Crippen LogP contribution in [0.5, 0.6) is 0 Å². The Morgan fingerprint density at radius 1 is 1.06 bits per heavy atom. The summed E-state index contributed by atoms with van der Waals surface area (Å²) in [6.45, 7) is 14.4. The van der Waals surface area contributed by atoms with Gasteiger partial charge in [0.05, 0.1) is 12.2 Å². The zero-order chi connectivity index (χ0) is 25.5. The van der Waals surface area contributed by atoms with E-state index in [4.69, 9.17) is 9.47 Å². The predicted molar refractivity (Wildman–Crippen MR) is 126 cm³/mol. The minimum atomic E-state index is -1.11. The zero-order valence-corrected chi connectivity index (χ0v) is 20.9. The fraction of sp³-hybridized carbons (Fsp3) is 0.500. The van der Waals surface area contributed by atoms with Crippen LogP contribution in [0.25, 0.3) is 0 Å². The van der Waals surface area contributed by atoms with E-state index in [2.05, 4.69) is 20.6 Å². The fourth-order valence-electron chi connectivity index (χ4n) is 3.59. The van der Waals surface area contributed by atoms with Crippen molar-refractivity contribution in [1.29, 1.82) is 0 Å². The molecule has 1 aromatic carbocycles. The Bertz CT molecular complexity index is 1140. The zero-order valence-electron chi connectivity index (χ0n) is 20.9. The van der Waals surface area contributed by atoms with Crippen molar-refractivity contribution in [2.45, 2.75) is 78.7 Å². The van der Waals surface area contributed by atoms with E-state index in [0.29, 0.717) is 11.5 Å². The van der Waals surface area contributed by atoms with Gasteiger partial charge in [0.15, 0.2) is 11.7 Å². The number of hydrogen-bond donors (Lipinski definition) is 2. The average molecular weight is 474 g/mol. The Morgan fingerprint density at radius 2 is 1.65 bits per heavy atom. The van der Waals surface area contributed by atoms with Crippen molar-refractivity contribution < 1.29 is 23.5 Å². The van der Waals surface area contributed by atoms with E-state index in [-0.39, 0.29) is 17.9 Å². The first-order valence-electron chi connectivity index (χ1n) is 11.0. The largest absolute Gasteiger partial charge is 0.444 e. The molecular weight excluding hydrogens is 441 g/mol. The third-order valence-corrected chi connectivity index (χ3v) is 4.76. The van der Waals surface area contributed by atoms with Gasteiger partial charge in [0.2, 0.25) is 0 Å². The van der Waals surface area contributed by atoms with Gasteiger partial charge in [-0.3, -0.25) is 15.6 Å². The fourth-order valence-corrected chi connectivity index (χ4v) is 3.59. The van der Waals surface area contributed by atoms with E-state index in [1.54, 1.807) is 54.7 Å². The smallest absolute Gasteiger partial charge is 0.413 e. The number of hydrogen-bond acceptors (Lipinski definition) is 6. The average Bonchev–Trinajstić information content (AvgIpc) is 3.00. The highest BCUT2D eigenvalue weighted by Gasteiger charge is 2.37. The number of benzene rings is 1. The topological polar surface area (TPSA) is 107 Å². The summed E-state index contributed by atoms with van der Waals surface area (Å²) in [5.74, 6) is 0.114. The lowest BCUT2D eigenvalue weighted by Crippen LogP contribution is -2.43. The second kappa shape index (κ2) is 8.73. The third-order valence-electron chi connectivity index (χ3n) is 4.76. The Kier molecular flexibility index (Phi) is 6.47. The van der Waals surface area contributed by atoms with Crippen LogP contribution in [0.3, 0.4) is 0 Å². The van der Waals surface area contributed by atoms with Crippen LogP contribution in [-0.4, -0.2) is 38.8 Å². The van der Waals surface area contributed by atoms with Crippen molar-refractivity contribution in [3.05, 3.63) is 47.3 Å². The number of fused-ring (bicyclic) bond motifs is 1. The SMILES string of the molecule is Cc1cn2c(n1)C(NC(=O)OC(C)(C)C)=NC(C)(c1cc(NC(=O)OC(C)(C)C)ccc1F)C2. The first kappa shape index (κ1) is 25.2. The van der Waals surface area contributed by atoms with Crippen LogP contribution >= 0.6 is 0 Å². The van der Waals surface area contributed by atoms with Crippen molar-refractivity contribution in [2.75, 3.05) is 5.32 Å². The molecule has 10 heteroatoms. The van der Waals surface area contributed by atoms with Crippen molar-refractivity contribution in [3.8, 4) is 0 Å². The number of alkyl carbamates (subject to hydrolysis) is 1. The van der Waals surface area contributed by atoms with Crippen molar-refractivity contribution >= 4 is 23.7 Å². The van der Waals surface area contributed by atoms with Crippen LogP contribution in [0.15, 0.2) is 29.4 Å². The van der Waals surface area contributed by atoms with E-state index >= 15 is 4.39 Å². The predicted octanol–water partition coefficient (Wildman–Crippen LogP) is 4.88. The van der Waals surface area contributed by atoms with Crippen LogP contribution in [0.1, 0.15) is 65.5 Å². The van der Waals surface area contributed by atoms with Crippen LogP contribution in [0, 0.1) is 12.7 Å². The molecule has 2 amide bonds. The summed E-state index contributed by atoms with van der Waals surface area (Å²) in [4.78, 5) is 33.8. The van der Waals surface area contributed by atoms with Gasteiger partial charge in [-0.2, -0.15) is 0 Å². The molecule has 34 heavy (non-hydrogen) atoms. The maximum Gasteiger partial charge on any atom is 0.413 e. The highest BCUT2D eigenvalue weighted by molar-refractivity contribution is 6.05. The summed E-state index contributed by atoms with van der Waals surface area (Å²) in [7, 11) is 0. The molecule has 1 atom stereocenters. The van der Waals surface area contributed by atoms with Crippen LogP contribution in [-0.2, 0) is 21.6 Å². The minimum absolute atomic E-state index is 0.168. The Labute approximate surface area is 198 Å². The molecule has 9 nitrogen and oxygen atoms in total. The highest BCUT2D eigenvalue weighted by Crippen LogP contribution is 2.35. The monoisotopic (exact) mass is 473 g/mol. The van der Waals surface area contributed by atoms with Crippen LogP contribution in [0.2, 0.25) is 0 Å². The molecule has 0 bridgehead atoms. The van der Waals surface area contributed by atoms with Gasteiger partial charge in [-0.05, 0) is 73.6 Å². The number of rotatable bonds is 2. The molecule has 1 aliphatic rings. The molecule has 0 saturated carbocycles. The van der Waals surface area contributed by atoms with Gasteiger partial charge in [0, 0.05) is 17.4 Å². The molecule has 2 aromatic rings. The molecule has 1 unspecified atom stereocenters. The summed E-state index contributed by atoms with van der Waals surface area (Å²) in [5.41, 5.74) is -1.18. The quantitative estimate of drug-likeness (QED) is 0.647. The van der Waals surface area contributed by atoms with Crippen molar-refractivity contribution in [2.24, 2.45) is 4.99 Å². The van der Waals surface area contributed by atoms with Gasteiger partial charge in [-0.25, -0.2) is 19.0 Å². The van der Waals surface area contributed by atoms with Gasteiger partial charge in [0.1, 0.15) is 22.6 Å². The molecule has 2 heterocycles. The van der Waals surface area contributed by atoms with E-state index in [1.165, 1.54) is 18.2 Å². The lowest BCUT2D eigenvalue weighted by Gasteiger charge is -2.33. The van der Waals surface area contributed by atoms with Gasteiger partial charge in [0.25, 0.3) is 0 Å². The number of ether oxygens (including phenoxy) is 2. The number of amidine groups is 1. The summed E-state index contributed by atoms with van der Waals surface area (Å²) < 4.78 is 27.5.